The van der Waals surface area contributed by atoms with E-state index in [2.05, 4.69) is 10.1 Å². The first kappa shape index (κ1) is 21.3. The summed E-state index contributed by atoms with van der Waals surface area (Å²) in [6, 6.07) is 8.14. The molecule has 0 spiro atoms. The van der Waals surface area contributed by atoms with Gasteiger partial charge in [0.25, 0.3) is 11.6 Å². The second kappa shape index (κ2) is 8.30. The van der Waals surface area contributed by atoms with Crippen molar-refractivity contribution in [3.63, 3.8) is 0 Å². The van der Waals surface area contributed by atoms with Gasteiger partial charge in [-0.25, -0.2) is 4.98 Å². The Morgan fingerprint density at radius 1 is 1.29 bits per heavy atom. The predicted molar refractivity (Wildman–Crippen MR) is 107 cm³/mol. The summed E-state index contributed by atoms with van der Waals surface area (Å²) in [6.07, 6.45) is -3.28. The van der Waals surface area contributed by atoms with Crippen LogP contribution in [0.3, 0.4) is 0 Å². The lowest BCUT2D eigenvalue weighted by Gasteiger charge is -2.32. The molecule has 0 bridgehead atoms. The van der Waals surface area contributed by atoms with Crippen molar-refractivity contribution in [1.82, 2.24) is 15.0 Å². The number of aromatic nitrogens is 2. The Morgan fingerprint density at radius 2 is 2.03 bits per heavy atom. The van der Waals surface area contributed by atoms with Crippen LogP contribution < -0.4 is 0 Å². The zero-order chi connectivity index (χ0) is 22.2. The minimum absolute atomic E-state index is 0.110. The highest BCUT2D eigenvalue weighted by Gasteiger charge is 2.38. The Kier molecular flexibility index (Phi) is 5.70. The Bertz CT molecular complexity index is 1090. The summed E-state index contributed by atoms with van der Waals surface area (Å²) < 4.78 is 51.2. The highest BCUT2D eigenvalue weighted by Crippen LogP contribution is 2.40. The number of alkyl halides is 3. The number of ether oxygens (including phenoxy) is 1. The molecule has 1 aliphatic heterocycles. The molecule has 1 amide bonds. The lowest BCUT2D eigenvalue weighted by Crippen LogP contribution is -2.39. The van der Waals surface area contributed by atoms with E-state index in [0.717, 1.165) is 11.6 Å². The van der Waals surface area contributed by atoms with E-state index in [4.69, 9.17) is 9.26 Å². The van der Waals surface area contributed by atoms with Crippen LogP contribution in [0.25, 0.3) is 11.1 Å². The van der Waals surface area contributed by atoms with Crippen LogP contribution in [0.1, 0.15) is 51.6 Å². The standard InChI is InChI=1S/C22H22F3N3O3/c1-13-10-17(22(23,24)25)18-19(27-31-20(18)26-13)16-4-3-9-28(11-16)21(29)15-7-5-14(6-8-15)12-30-2/h5-8,10,16H,3-4,9,11-12H2,1-2H3. The zero-order valence-corrected chi connectivity index (χ0v) is 17.2. The monoisotopic (exact) mass is 433 g/mol. The van der Waals surface area contributed by atoms with Gasteiger partial charge in [-0.2, -0.15) is 13.2 Å². The third-order valence-corrected chi connectivity index (χ3v) is 5.51. The number of carbonyl (C=O) groups is 1. The van der Waals surface area contributed by atoms with Crippen LogP contribution in [0.15, 0.2) is 34.9 Å². The SMILES string of the molecule is COCc1ccc(C(=O)N2CCCC(c3noc4nc(C)cc(C(F)(F)F)c34)C2)cc1. The van der Waals surface area contributed by atoms with Crippen molar-refractivity contribution in [2.24, 2.45) is 0 Å². The second-order valence-electron chi connectivity index (χ2n) is 7.78. The molecule has 4 rings (SSSR count). The van der Waals surface area contributed by atoms with Crippen LogP contribution in [-0.4, -0.2) is 41.1 Å². The van der Waals surface area contributed by atoms with Gasteiger partial charge in [0.1, 0.15) is 0 Å². The third-order valence-electron chi connectivity index (χ3n) is 5.51. The van der Waals surface area contributed by atoms with Gasteiger partial charge >= 0.3 is 6.18 Å². The first-order valence-electron chi connectivity index (χ1n) is 9.99. The van der Waals surface area contributed by atoms with Crippen LogP contribution >= 0.6 is 0 Å². The van der Waals surface area contributed by atoms with E-state index < -0.39 is 11.7 Å². The molecule has 1 saturated heterocycles. The van der Waals surface area contributed by atoms with Crippen molar-refractivity contribution in [3.05, 3.63) is 58.4 Å². The van der Waals surface area contributed by atoms with Gasteiger partial charge in [-0.3, -0.25) is 4.79 Å². The van der Waals surface area contributed by atoms with Crippen LogP contribution in [-0.2, 0) is 17.5 Å². The number of nitrogens with zero attached hydrogens (tertiary/aromatic N) is 3. The van der Waals surface area contributed by atoms with E-state index >= 15 is 0 Å². The summed E-state index contributed by atoms with van der Waals surface area (Å²) in [7, 11) is 1.60. The highest BCUT2D eigenvalue weighted by atomic mass is 19.4. The van der Waals surface area contributed by atoms with E-state index in [1.54, 1.807) is 24.1 Å². The summed E-state index contributed by atoms with van der Waals surface area (Å²) in [5, 5.41) is 3.83. The number of rotatable bonds is 4. The van der Waals surface area contributed by atoms with Crippen LogP contribution in [0.5, 0.6) is 0 Å². The highest BCUT2D eigenvalue weighted by molar-refractivity contribution is 5.94. The predicted octanol–water partition coefficient (Wildman–Crippen LogP) is 4.72. The molecule has 31 heavy (non-hydrogen) atoms. The van der Waals surface area contributed by atoms with E-state index in [9.17, 15) is 18.0 Å². The van der Waals surface area contributed by atoms with Gasteiger partial charge in [-0.05, 0) is 43.5 Å². The quantitative estimate of drug-likeness (QED) is 0.596. The van der Waals surface area contributed by atoms with Gasteiger partial charge in [0.2, 0.25) is 0 Å². The number of methoxy groups -OCH3 is 1. The van der Waals surface area contributed by atoms with Crippen molar-refractivity contribution in [2.45, 2.75) is 38.5 Å². The zero-order valence-electron chi connectivity index (χ0n) is 17.2. The number of piperidine rings is 1. The fraction of sp³-hybridized carbons (Fsp3) is 0.409. The van der Waals surface area contributed by atoms with E-state index in [1.165, 1.54) is 6.92 Å². The van der Waals surface area contributed by atoms with Gasteiger partial charge < -0.3 is 14.2 Å². The molecule has 3 aromatic rings. The molecule has 0 radical (unpaired) electrons. The molecular formula is C22H22F3N3O3. The summed E-state index contributed by atoms with van der Waals surface area (Å²) in [6.45, 7) is 2.74. The van der Waals surface area contributed by atoms with Crippen LogP contribution in [0.4, 0.5) is 13.2 Å². The first-order chi connectivity index (χ1) is 14.8. The van der Waals surface area contributed by atoms with Gasteiger partial charge in [-0.1, -0.05) is 17.3 Å². The van der Waals surface area contributed by atoms with Crippen LogP contribution in [0, 0.1) is 6.92 Å². The number of carbonyl (C=O) groups excluding carboxylic acids is 1. The Balaban J connectivity index is 1.62. The van der Waals surface area contributed by atoms with E-state index in [1.807, 2.05) is 12.1 Å². The van der Waals surface area contributed by atoms with Gasteiger partial charge in [0.15, 0.2) is 0 Å². The van der Waals surface area contributed by atoms with Crippen molar-refractivity contribution >= 4 is 17.0 Å². The fourth-order valence-corrected chi connectivity index (χ4v) is 4.08. The molecular weight excluding hydrogens is 411 g/mol. The average Bonchev–Trinajstić information content (AvgIpc) is 3.16. The molecule has 3 heterocycles. The van der Waals surface area contributed by atoms with Crippen molar-refractivity contribution < 1.29 is 27.2 Å². The Morgan fingerprint density at radius 3 is 2.71 bits per heavy atom. The number of benzene rings is 1. The van der Waals surface area contributed by atoms with Crippen molar-refractivity contribution in [1.29, 1.82) is 0 Å². The lowest BCUT2D eigenvalue weighted by molar-refractivity contribution is -0.136. The first-order valence-corrected chi connectivity index (χ1v) is 9.99. The van der Waals surface area contributed by atoms with E-state index in [0.29, 0.717) is 31.6 Å². The summed E-state index contributed by atoms with van der Waals surface area (Å²) in [5.74, 6) is -0.524. The number of hydrogen-bond donors (Lipinski definition) is 0. The number of likely N-dealkylation sites (tertiary alicyclic amines) is 1. The molecule has 1 aliphatic rings. The molecule has 1 aromatic carbocycles. The molecule has 6 nitrogen and oxygen atoms in total. The largest absolute Gasteiger partial charge is 0.417 e. The average molecular weight is 433 g/mol. The maximum absolute atomic E-state index is 13.7. The number of halogens is 3. The molecule has 164 valence electrons. The maximum Gasteiger partial charge on any atom is 0.417 e. The fourth-order valence-electron chi connectivity index (χ4n) is 4.08. The summed E-state index contributed by atoms with van der Waals surface area (Å²) >= 11 is 0. The molecule has 1 atom stereocenters. The maximum atomic E-state index is 13.7. The molecule has 0 saturated carbocycles. The van der Waals surface area contributed by atoms with Crippen molar-refractivity contribution in [3.8, 4) is 0 Å². The number of fused-ring (bicyclic) bond motifs is 1. The van der Waals surface area contributed by atoms with E-state index in [-0.39, 0.29) is 40.9 Å². The number of hydrogen-bond acceptors (Lipinski definition) is 5. The summed E-state index contributed by atoms with van der Waals surface area (Å²) in [5.41, 5.74) is 0.969. The molecule has 1 fully saturated rings. The lowest BCUT2D eigenvalue weighted by atomic mass is 9.91. The van der Waals surface area contributed by atoms with Gasteiger partial charge in [0, 0.05) is 37.4 Å². The Labute approximate surface area is 177 Å². The molecule has 0 aliphatic carbocycles. The second-order valence-corrected chi connectivity index (χ2v) is 7.78. The number of amides is 1. The van der Waals surface area contributed by atoms with Crippen molar-refractivity contribution in [2.75, 3.05) is 20.2 Å². The molecule has 9 heteroatoms. The topological polar surface area (TPSA) is 68.5 Å². The third kappa shape index (κ3) is 4.27. The normalized spacial score (nSPS) is 17.3. The van der Waals surface area contributed by atoms with Crippen LogP contribution in [0.2, 0.25) is 0 Å². The smallest absolute Gasteiger partial charge is 0.380 e. The molecule has 2 aromatic heterocycles. The van der Waals surface area contributed by atoms with Gasteiger partial charge in [-0.15, -0.1) is 0 Å². The number of aryl methyl sites for hydroxylation is 1. The minimum atomic E-state index is -4.56. The van der Waals surface area contributed by atoms with Gasteiger partial charge in [0.05, 0.1) is 23.3 Å². The molecule has 0 N–H and O–H groups in total. The minimum Gasteiger partial charge on any atom is -0.380 e. The Hall–Kier alpha value is -2.94. The summed E-state index contributed by atoms with van der Waals surface area (Å²) in [4.78, 5) is 18.7. The number of pyridine rings is 1. The molecule has 1 unspecified atom stereocenters.